The number of thiophene rings is 1. The molecule has 2 atom stereocenters. The fourth-order valence-electron chi connectivity index (χ4n) is 2.82. The smallest absolute Gasteiger partial charge is 0.0414 e. The van der Waals surface area contributed by atoms with Gasteiger partial charge in [0.2, 0.25) is 0 Å². The largest absolute Gasteiger partial charge is 0.313 e. The molecule has 1 aromatic rings. The second kappa shape index (κ2) is 7.77. The molecule has 4 heteroatoms. The van der Waals surface area contributed by atoms with Crippen molar-refractivity contribution >= 4 is 27.3 Å². The second-order valence-electron chi connectivity index (χ2n) is 5.49. The molecule has 2 unspecified atom stereocenters. The lowest BCUT2D eigenvalue weighted by atomic mass is 10.0. The highest BCUT2D eigenvalue weighted by Crippen LogP contribution is 2.29. The molecular weight excluding hydrogens is 320 g/mol. The van der Waals surface area contributed by atoms with E-state index in [4.69, 9.17) is 0 Å². The Morgan fingerprint density at radius 2 is 2.37 bits per heavy atom. The van der Waals surface area contributed by atoms with E-state index in [9.17, 15) is 0 Å². The van der Waals surface area contributed by atoms with Gasteiger partial charge >= 0.3 is 0 Å². The molecule has 0 bridgehead atoms. The molecule has 2 rings (SSSR count). The molecule has 0 aliphatic carbocycles. The van der Waals surface area contributed by atoms with E-state index in [1.54, 1.807) is 0 Å². The van der Waals surface area contributed by atoms with Gasteiger partial charge in [0.15, 0.2) is 0 Å². The molecule has 1 fully saturated rings. The Morgan fingerprint density at radius 3 is 2.95 bits per heavy atom. The van der Waals surface area contributed by atoms with Crippen molar-refractivity contribution in [1.82, 2.24) is 10.2 Å². The molecule has 108 valence electrons. The summed E-state index contributed by atoms with van der Waals surface area (Å²) in [7, 11) is 0. The number of hydrogen-bond donors (Lipinski definition) is 1. The first-order valence-electron chi connectivity index (χ1n) is 7.42. The summed E-state index contributed by atoms with van der Waals surface area (Å²) in [5.74, 6) is 0. The quantitative estimate of drug-likeness (QED) is 0.821. The Morgan fingerprint density at radius 1 is 1.53 bits per heavy atom. The van der Waals surface area contributed by atoms with Gasteiger partial charge in [-0.2, -0.15) is 0 Å². The monoisotopic (exact) mass is 344 g/mol. The molecule has 0 amide bonds. The summed E-state index contributed by atoms with van der Waals surface area (Å²) in [5, 5.41) is 5.86. The van der Waals surface area contributed by atoms with Crippen LogP contribution in [0.2, 0.25) is 0 Å². The Balaban J connectivity index is 1.97. The third-order valence-corrected chi connectivity index (χ3v) is 5.79. The highest BCUT2D eigenvalue weighted by atomic mass is 79.9. The van der Waals surface area contributed by atoms with E-state index in [0.717, 1.165) is 0 Å². The van der Waals surface area contributed by atoms with Crippen LogP contribution in [0, 0.1) is 0 Å². The Labute approximate surface area is 129 Å². The summed E-state index contributed by atoms with van der Waals surface area (Å²) in [6.45, 7) is 8.19. The molecule has 0 aromatic carbocycles. The van der Waals surface area contributed by atoms with E-state index < -0.39 is 0 Å². The summed E-state index contributed by atoms with van der Waals surface area (Å²) >= 11 is 5.43. The lowest BCUT2D eigenvalue weighted by molar-refractivity contribution is 0.178. The summed E-state index contributed by atoms with van der Waals surface area (Å²) < 4.78 is 1.21. The molecule has 1 aromatic heterocycles. The van der Waals surface area contributed by atoms with Gasteiger partial charge in [-0.1, -0.05) is 13.3 Å². The normalized spacial score (nSPS) is 21.8. The molecule has 1 saturated heterocycles. The topological polar surface area (TPSA) is 15.3 Å². The van der Waals surface area contributed by atoms with Gasteiger partial charge in [0.05, 0.1) is 0 Å². The number of halogens is 1. The van der Waals surface area contributed by atoms with Gasteiger partial charge in [-0.3, -0.25) is 4.90 Å². The predicted octanol–water partition coefficient (Wildman–Crippen LogP) is 4.43. The fourth-order valence-corrected chi connectivity index (χ4v) is 4.36. The molecule has 1 aliphatic rings. The van der Waals surface area contributed by atoms with Crippen molar-refractivity contribution < 1.29 is 0 Å². The highest BCUT2D eigenvalue weighted by molar-refractivity contribution is 9.10. The van der Waals surface area contributed by atoms with Gasteiger partial charge in [-0.05, 0) is 61.3 Å². The predicted molar refractivity (Wildman–Crippen MR) is 87.9 cm³/mol. The number of rotatable bonds is 6. The first-order valence-corrected chi connectivity index (χ1v) is 9.09. The van der Waals surface area contributed by atoms with Crippen LogP contribution in [-0.2, 0) is 0 Å². The van der Waals surface area contributed by atoms with Crippen molar-refractivity contribution in [2.24, 2.45) is 0 Å². The first-order chi connectivity index (χ1) is 9.20. The van der Waals surface area contributed by atoms with Crippen molar-refractivity contribution in [2.45, 2.75) is 51.6 Å². The zero-order chi connectivity index (χ0) is 13.7. The lowest BCUT2D eigenvalue weighted by Crippen LogP contribution is -2.44. The van der Waals surface area contributed by atoms with E-state index in [-0.39, 0.29) is 0 Å². The number of nitrogens with zero attached hydrogens (tertiary/aromatic N) is 1. The summed E-state index contributed by atoms with van der Waals surface area (Å²) in [6.07, 6.45) is 5.29. The standard InChI is InChI=1S/C15H25BrN2S/c1-3-8-18(10-14-6-4-5-7-17-14)12(2)15-9-13(16)11-19-15/h9,11-12,14,17H,3-8,10H2,1-2H3. The summed E-state index contributed by atoms with van der Waals surface area (Å²) in [4.78, 5) is 4.11. The van der Waals surface area contributed by atoms with E-state index in [2.05, 4.69) is 51.4 Å². The Kier molecular flexibility index (Phi) is 6.33. The lowest BCUT2D eigenvalue weighted by Gasteiger charge is -2.34. The average Bonchev–Trinajstić information content (AvgIpc) is 2.85. The number of hydrogen-bond acceptors (Lipinski definition) is 3. The average molecular weight is 345 g/mol. The van der Waals surface area contributed by atoms with Crippen molar-refractivity contribution in [3.05, 3.63) is 20.8 Å². The molecule has 1 aliphatic heterocycles. The van der Waals surface area contributed by atoms with Crippen LogP contribution in [-0.4, -0.2) is 30.6 Å². The van der Waals surface area contributed by atoms with E-state index in [1.165, 1.54) is 54.7 Å². The molecule has 0 spiro atoms. The van der Waals surface area contributed by atoms with E-state index >= 15 is 0 Å². The van der Waals surface area contributed by atoms with Crippen LogP contribution in [0.5, 0.6) is 0 Å². The maximum Gasteiger partial charge on any atom is 0.0414 e. The van der Waals surface area contributed by atoms with Crippen LogP contribution in [0.3, 0.4) is 0 Å². The first kappa shape index (κ1) is 15.5. The third-order valence-electron chi connectivity index (χ3n) is 3.93. The number of piperidine rings is 1. The molecule has 2 heterocycles. The minimum atomic E-state index is 0.528. The molecule has 0 radical (unpaired) electrons. The van der Waals surface area contributed by atoms with Crippen LogP contribution in [0.1, 0.15) is 50.4 Å². The van der Waals surface area contributed by atoms with Gasteiger partial charge in [0.1, 0.15) is 0 Å². The van der Waals surface area contributed by atoms with Crippen LogP contribution in [0.4, 0.5) is 0 Å². The maximum absolute atomic E-state index is 3.67. The van der Waals surface area contributed by atoms with Crippen LogP contribution in [0.25, 0.3) is 0 Å². The van der Waals surface area contributed by atoms with Crippen LogP contribution >= 0.6 is 27.3 Å². The maximum atomic E-state index is 3.67. The fraction of sp³-hybridized carbons (Fsp3) is 0.733. The molecule has 19 heavy (non-hydrogen) atoms. The minimum absolute atomic E-state index is 0.528. The van der Waals surface area contributed by atoms with E-state index in [0.29, 0.717) is 12.1 Å². The second-order valence-corrected chi connectivity index (χ2v) is 7.34. The Bertz CT molecular complexity index is 374. The van der Waals surface area contributed by atoms with Crippen molar-refractivity contribution in [1.29, 1.82) is 0 Å². The highest BCUT2D eigenvalue weighted by Gasteiger charge is 2.21. The van der Waals surface area contributed by atoms with E-state index in [1.807, 2.05) is 11.3 Å². The Hall–Kier alpha value is 0.1000. The molecule has 1 N–H and O–H groups in total. The summed E-state index contributed by atoms with van der Waals surface area (Å²) in [5.41, 5.74) is 0. The van der Waals surface area contributed by atoms with Gasteiger partial charge in [0.25, 0.3) is 0 Å². The number of nitrogens with one attached hydrogen (secondary N) is 1. The van der Waals surface area contributed by atoms with Gasteiger partial charge in [-0.25, -0.2) is 0 Å². The van der Waals surface area contributed by atoms with Crippen molar-refractivity contribution in [2.75, 3.05) is 19.6 Å². The van der Waals surface area contributed by atoms with Crippen molar-refractivity contribution in [3.63, 3.8) is 0 Å². The zero-order valence-electron chi connectivity index (χ0n) is 12.0. The zero-order valence-corrected chi connectivity index (χ0v) is 14.4. The third kappa shape index (κ3) is 4.55. The van der Waals surface area contributed by atoms with Gasteiger partial charge in [0, 0.05) is 33.4 Å². The molecule has 0 saturated carbocycles. The van der Waals surface area contributed by atoms with Crippen LogP contribution in [0.15, 0.2) is 15.9 Å². The molecule has 2 nitrogen and oxygen atoms in total. The summed E-state index contributed by atoms with van der Waals surface area (Å²) in [6, 6.07) is 3.48. The minimum Gasteiger partial charge on any atom is -0.313 e. The molecular formula is C15H25BrN2S. The van der Waals surface area contributed by atoms with Gasteiger partial charge in [-0.15, -0.1) is 11.3 Å². The van der Waals surface area contributed by atoms with Gasteiger partial charge < -0.3 is 5.32 Å². The van der Waals surface area contributed by atoms with Crippen molar-refractivity contribution in [3.8, 4) is 0 Å². The van der Waals surface area contributed by atoms with Crippen LogP contribution < -0.4 is 5.32 Å². The SMILES string of the molecule is CCCN(CC1CCCCN1)C(C)c1cc(Br)cs1.